The summed E-state index contributed by atoms with van der Waals surface area (Å²) in [6, 6.07) is 113. The van der Waals surface area contributed by atoms with Crippen molar-refractivity contribution in [3.63, 3.8) is 0 Å². The molecule has 6 heterocycles. The van der Waals surface area contributed by atoms with Crippen molar-refractivity contribution in [3.05, 3.63) is 303 Å². The highest BCUT2D eigenvalue weighted by atomic mass is 16.3. The lowest BCUT2D eigenvalue weighted by Crippen LogP contribution is -1.99. The van der Waals surface area contributed by atoms with E-state index in [4.69, 9.17) is 8.83 Å². The molecule has 0 N–H and O–H groups in total. The number of benzene rings is 16. The molecule has 0 aliphatic heterocycles. The lowest BCUT2D eigenvalue weighted by Gasteiger charge is -2.16. The highest BCUT2D eigenvalue weighted by Crippen LogP contribution is 2.55. The topological polar surface area (TPSA) is 46.0 Å². The molecule has 0 fully saturated rings. The van der Waals surface area contributed by atoms with Crippen LogP contribution < -0.4 is 0 Å². The number of furan rings is 2. The lowest BCUT2D eigenvalue weighted by atomic mass is 9.92. The predicted octanol–water partition coefficient (Wildman–Crippen LogP) is 25.1. The number of hydrogen-bond donors (Lipinski definition) is 0. The summed E-state index contributed by atoms with van der Waals surface area (Å²) < 4.78 is 23.7. The minimum atomic E-state index is 0.860. The third-order valence-electron chi connectivity index (χ3n) is 22.1. The molecule has 450 valence electrons. The average molecular weight is 1240 g/mol. The van der Waals surface area contributed by atoms with Gasteiger partial charge in [0.1, 0.15) is 22.3 Å². The largest absolute Gasteiger partial charge is 0.456 e. The molecule has 6 heteroatoms. The van der Waals surface area contributed by atoms with E-state index in [-0.39, 0.29) is 0 Å². The van der Waals surface area contributed by atoms with E-state index in [1.54, 1.807) is 0 Å². The van der Waals surface area contributed by atoms with Gasteiger partial charge in [-0.15, -0.1) is 0 Å². The summed E-state index contributed by atoms with van der Waals surface area (Å²) in [5.74, 6) is 0. The maximum atomic E-state index is 6.83. The third kappa shape index (κ3) is 6.51. The molecule has 0 unspecified atom stereocenters. The average Bonchev–Trinajstić information content (AvgIpc) is 1.54. The fraction of sp³-hybridized carbons (Fsp3) is 0. The zero-order chi connectivity index (χ0) is 63.3. The van der Waals surface area contributed by atoms with Gasteiger partial charge in [0.2, 0.25) is 0 Å². The number of rotatable bonds is 5. The maximum absolute atomic E-state index is 6.83. The SMILES string of the molecule is c1ccc(-n2c3ccccc3c3ccc4c5cc6c(cc5n(-c5ccc7c(c5)-c5cccc8cc(-c9cc%10c%11ccccc%11n(-c%11ccc%12c(c%11)-c%11cccc%13cccc-%12c%11%13)c%10c%10c9c9cc%11c(cc9n%10-c9ccccc9)oc9ccccc9%11)cc-7c58)c4c32)oc2ccccc26)cc1. The van der Waals surface area contributed by atoms with Gasteiger partial charge in [0.25, 0.3) is 0 Å². The molecule has 0 bridgehead atoms. The second-order valence-electron chi connectivity index (χ2n) is 27.0. The number of para-hydroxylation sites is 6. The predicted molar refractivity (Wildman–Crippen MR) is 408 cm³/mol. The molecule has 16 aromatic carbocycles. The molecular formula is C92H50N4O2. The highest BCUT2D eigenvalue weighted by Gasteiger charge is 2.31. The van der Waals surface area contributed by atoms with E-state index in [0.717, 1.165) is 111 Å². The highest BCUT2D eigenvalue weighted by molar-refractivity contribution is 6.32. The Hall–Kier alpha value is -13.2. The summed E-state index contributed by atoms with van der Waals surface area (Å²) in [5, 5.41) is 19.0. The third-order valence-corrected chi connectivity index (χ3v) is 22.1. The maximum Gasteiger partial charge on any atom is 0.137 e. The normalized spacial score (nSPS) is 12.7. The van der Waals surface area contributed by atoms with Gasteiger partial charge >= 0.3 is 0 Å². The first-order valence-corrected chi connectivity index (χ1v) is 33.8. The summed E-state index contributed by atoms with van der Waals surface area (Å²) in [7, 11) is 0. The number of aromatic nitrogens is 4. The molecule has 0 atom stereocenters. The van der Waals surface area contributed by atoms with Crippen LogP contribution in [0.15, 0.2) is 312 Å². The Balaban J connectivity index is 0.786. The molecule has 98 heavy (non-hydrogen) atoms. The summed E-state index contributed by atoms with van der Waals surface area (Å²) in [5.41, 5.74) is 29.3. The summed E-state index contributed by atoms with van der Waals surface area (Å²) in [4.78, 5) is 0. The minimum Gasteiger partial charge on any atom is -0.456 e. The first kappa shape index (κ1) is 51.3. The Morgan fingerprint density at radius 2 is 0.643 bits per heavy atom. The summed E-state index contributed by atoms with van der Waals surface area (Å²) in [6.45, 7) is 0. The molecule has 0 amide bonds. The molecule has 22 aromatic rings. The fourth-order valence-electron chi connectivity index (χ4n) is 18.2. The molecule has 2 aliphatic rings. The Morgan fingerprint density at radius 1 is 0.184 bits per heavy atom. The van der Waals surface area contributed by atoms with Crippen molar-refractivity contribution in [3.8, 4) is 78.4 Å². The van der Waals surface area contributed by atoms with Gasteiger partial charge in [0.05, 0.1) is 44.1 Å². The van der Waals surface area contributed by atoms with Crippen LogP contribution in [-0.4, -0.2) is 18.3 Å². The van der Waals surface area contributed by atoms with Crippen LogP contribution in [0.5, 0.6) is 0 Å². The Labute approximate surface area is 558 Å². The van der Waals surface area contributed by atoms with Crippen molar-refractivity contribution in [1.29, 1.82) is 0 Å². The standard InChI is InChI=1S/C92H50N4O2/c1-3-21-54(22-4-1)93-78-32-11-7-25-60(78)67-40-41-68-72-47-73-62-27-9-13-34-82(62)97-84(73)49-80(72)96(90(68)89(67)93)57-37-39-59-71(45-57)66-31-17-20-52-42-53(43-75(59)87(52)66)69-46-76-61-26-8-12-33-79(61)95(56-36-38-58-64-29-15-18-51-19-16-30-65(86(51)64)70(58)44-56)91(76)92-88(69)77-48-74-63-28-10-14-35-83(63)98-85(74)50-81(77)94(92)55-23-5-2-6-24-55/h1-50H. The zero-order valence-electron chi connectivity index (χ0n) is 52.5. The van der Waals surface area contributed by atoms with E-state index in [2.05, 4.69) is 322 Å². The molecule has 0 saturated carbocycles. The monoisotopic (exact) mass is 1240 g/mol. The minimum absolute atomic E-state index is 0.860. The molecule has 6 aromatic heterocycles. The Morgan fingerprint density at radius 3 is 1.27 bits per heavy atom. The van der Waals surface area contributed by atoms with Crippen molar-refractivity contribution < 1.29 is 8.83 Å². The van der Waals surface area contributed by atoms with Crippen LogP contribution in [-0.2, 0) is 0 Å². The van der Waals surface area contributed by atoms with Crippen LogP contribution in [0.25, 0.3) is 231 Å². The summed E-state index contributed by atoms with van der Waals surface area (Å²) >= 11 is 0. The van der Waals surface area contributed by atoms with E-state index in [1.165, 1.54) is 120 Å². The van der Waals surface area contributed by atoms with Crippen LogP contribution >= 0.6 is 0 Å². The van der Waals surface area contributed by atoms with Crippen LogP contribution in [0.2, 0.25) is 0 Å². The molecular weight excluding hydrogens is 1190 g/mol. The Kier molecular flexibility index (Phi) is 9.63. The molecule has 24 rings (SSSR count). The van der Waals surface area contributed by atoms with Crippen molar-refractivity contribution in [2.24, 2.45) is 0 Å². The molecule has 0 spiro atoms. The van der Waals surface area contributed by atoms with E-state index in [9.17, 15) is 0 Å². The smallest absolute Gasteiger partial charge is 0.137 e. The number of nitrogens with zero attached hydrogens (tertiary/aromatic N) is 4. The van der Waals surface area contributed by atoms with Gasteiger partial charge in [-0.25, -0.2) is 0 Å². The van der Waals surface area contributed by atoms with Crippen molar-refractivity contribution in [2.75, 3.05) is 0 Å². The molecule has 0 radical (unpaired) electrons. The second-order valence-corrected chi connectivity index (χ2v) is 27.0. The van der Waals surface area contributed by atoms with E-state index >= 15 is 0 Å². The first-order valence-electron chi connectivity index (χ1n) is 33.8. The van der Waals surface area contributed by atoms with Gasteiger partial charge in [-0.3, -0.25) is 0 Å². The van der Waals surface area contributed by atoms with Gasteiger partial charge in [-0.1, -0.05) is 188 Å². The van der Waals surface area contributed by atoms with Crippen LogP contribution in [0, 0.1) is 0 Å². The van der Waals surface area contributed by atoms with Crippen LogP contribution in [0.1, 0.15) is 0 Å². The lowest BCUT2D eigenvalue weighted by molar-refractivity contribution is 0.669. The van der Waals surface area contributed by atoms with Crippen molar-refractivity contribution in [1.82, 2.24) is 18.3 Å². The molecule has 6 nitrogen and oxygen atoms in total. The first-order chi connectivity index (χ1) is 48.6. The number of fused-ring (bicyclic) bond motifs is 26. The number of hydrogen-bond acceptors (Lipinski definition) is 2. The van der Waals surface area contributed by atoms with E-state index in [1.807, 2.05) is 0 Å². The zero-order valence-corrected chi connectivity index (χ0v) is 52.5. The van der Waals surface area contributed by atoms with Crippen LogP contribution in [0.3, 0.4) is 0 Å². The Bertz CT molecular complexity index is 7410. The van der Waals surface area contributed by atoms with E-state index < -0.39 is 0 Å². The van der Waals surface area contributed by atoms with Gasteiger partial charge in [0.15, 0.2) is 0 Å². The van der Waals surface area contributed by atoms with Gasteiger partial charge < -0.3 is 27.1 Å². The van der Waals surface area contributed by atoms with Crippen molar-refractivity contribution >= 4 is 153 Å². The quantitative estimate of drug-likeness (QED) is 0.172. The van der Waals surface area contributed by atoms with Crippen LogP contribution in [0.4, 0.5) is 0 Å². The van der Waals surface area contributed by atoms with Gasteiger partial charge in [0, 0.05) is 99.5 Å². The fourth-order valence-corrected chi connectivity index (χ4v) is 18.2. The second kappa shape index (κ2) is 18.4. The molecule has 2 aliphatic carbocycles. The van der Waals surface area contributed by atoms with Gasteiger partial charge in [-0.2, -0.15) is 0 Å². The van der Waals surface area contributed by atoms with Crippen molar-refractivity contribution in [2.45, 2.75) is 0 Å². The molecule has 0 saturated heterocycles. The summed E-state index contributed by atoms with van der Waals surface area (Å²) in [6.07, 6.45) is 0. The van der Waals surface area contributed by atoms with E-state index in [0.29, 0.717) is 0 Å². The van der Waals surface area contributed by atoms with Gasteiger partial charge in [-0.05, 0) is 180 Å².